The SMILES string of the molecule is Cn1nc(C(=O)O)cc1CNCC1CCCCN1C1CC1. The van der Waals surface area contributed by atoms with Crippen LogP contribution in [0.15, 0.2) is 6.07 Å². The number of rotatable bonds is 6. The molecule has 0 spiro atoms. The molecule has 2 fully saturated rings. The predicted molar refractivity (Wildman–Crippen MR) is 79.2 cm³/mol. The molecule has 116 valence electrons. The Balaban J connectivity index is 1.52. The van der Waals surface area contributed by atoms with Gasteiger partial charge in [-0.05, 0) is 38.3 Å². The van der Waals surface area contributed by atoms with Gasteiger partial charge in [0.05, 0.1) is 5.69 Å². The molecule has 1 atom stereocenters. The van der Waals surface area contributed by atoms with E-state index in [9.17, 15) is 4.79 Å². The number of hydrogen-bond acceptors (Lipinski definition) is 4. The second-order valence-electron chi connectivity index (χ2n) is 6.20. The maximum Gasteiger partial charge on any atom is 0.356 e. The van der Waals surface area contributed by atoms with E-state index in [0.717, 1.165) is 18.3 Å². The molecule has 1 aromatic rings. The number of aromatic nitrogens is 2. The van der Waals surface area contributed by atoms with Gasteiger partial charge in [-0.1, -0.05) is 6.42 Å². The molecule has 2 aliphatic rings. The van der Waals surface area contributed by atoms with Gasteiger partial charge in [-0.3, -0.25) is 9.58 Å². The van der Waals surface area contributed by atoms with Crippen molar-refractivity contribution in [1.29, 1.82) is 0 Å². The summed E-state index contributed by atoms with van der Waals surface area (Å²) >= 11 is 0. The van der Waals surface area contributed by atoms with Crippen LogP contribution in [0.1, 0.15) is 48.3 Å². The van der Waals surface area contributed by atoms with Crippen LogP contribution in [0, 0.1) is 0 Å². The topological polar surface area (TPSA) is 70.4 Å². The summed E-state index contributed by atoms with van der Waals surface area (Å²) < 4.78 is 1.65. The highest BCUT2D eigenvalue weighted by molar-refractivity contribution is 5.85. The molecule has 6 heteroatoms. The number of nitrogens with zero attached hydrogens (tertiary/aromatic N) is 3. The molecule has 1 saturated heterocycles. The van der Waals surface area contributed by atoms with Crippen LogP contribution in [0.25, 0.3) is 0 Å². The third kappa shape index (κ3) is 3.44. The van der Waals surface area contributed by atoms with Gasteiger partial charge in [-0.15, -0.1) is 0 Å². The molecule has 1 aromatic heterocycles. The number of carboxylic acids is 1. The Bertz CT molecular complexity index is 510. The van der Waals surface area contributed by atoms with E-state index in [0.29, 0.717) is 12.6 Å². The Morgan fingerprint density at radius 1 is 1.43 bits per heavy atom. The van der Waals surface area contributed by atoms with E-state index >= 15 is 0 Å². The quantitative estimate of drug-likeness (QED) is 0.825. The van der Waals surface area contributed by atoms with Gasteiger partial charge in [0.25, 0.3) is 0 Å². The van der Waals surface area contributed by atoms with Crippen LogP contribution >= 0.6 is 0 Å². The lowest BCUT2D eigenvalue weighted by Gasteiger charge is -2.36. The minimum atomic E-state index is -0.968. The van der Waals surface area contributed by atoms with E-state index in [4.69, 9.17) is 5.11 Å². The Kier molecular flexibility index (Phi) is 4.26. The summed E-state index contributed by atoms with van der Waals surface area (Å²) in [6, 6.07) is 3.11. The number of likely N-dealkylation sites (tertiary alicyclic amines) is 1. The summed E-state index contributed by atoms with van der Waals surface area (Å²) in [5, 5.41) is 16.4. The average molecular weight is 292 g/mol. The van der Waals surface area contributed by atoms with Crippen molar-refractivity contribution < 1.29 is 9.90 Å². The van der Waals surface area contributed by atoms with Crippen LogP contribution in [-0.2, 0) is 13.6 Å². The van der Waals surface area contributed by atoms with E-state index < -0.39 is 5.97 Å². The van der Waals surface area contributed by atoms with Gasteiger partial charge < -0.3 is 10.4 Å². The van der Waals surface area contributed by atoms with Gasteiger partial charge in [0.15, 0.2) is 5.69 Å². The summed E-state index contributed by atoms with van der Waals surface area (Å²) in [4.78, 5) is 13.6. The Morgan fingerprint density at radius 3 is 2.90 bits per heavy atom. The lowest BCUT2D eigenvalue weighted by Crippen LogP contribution is -2.46. The molecular formula is C15H24N4O2. The van der Waals surface area contributed by atoms with Crippen molar-refractivity contribution in [2.45, 2.75) is 50.7 Å². The summed E-state index contributed by atoms with van der Waals surface area (Å²) in [6.45, 7) is 2.89. The lowest BCUT2D eigenvalue weighted by atomic mass is 10.0. The van der Waals surface area contributed by atoms with E-state index in [-0.39, 0.29) is 5.69 Å². The van der Waals surface area contributed by atoms with Gasteiger partial charge in [-0.2, -0.15) is 5.10 Å². The Hall–Kier alpha value is -1.40. The van der Waals surface area contributed by atoms with Crippen LogP contribution in [0.4, 0.5) is 0 Å². The van der Waals surface area contributed by atoms with Crippen molar-refractivity contribution in [3.8, 4) is 0 Å². The zero-order valence-corrected chi connectivity index (χ0v) is 12.6. The predicted octanol–water partition coefficient (Wildman–Crippen LogP) is 1.22. The number of nitrogens with one attached hydrogen (secondary N) is 1. The average Bonchev–Trinajstić information content (AvgIpc) is 3.24. The fourth-order valence-electron chi connectivity index (χ4n) is 3.27. The Labute approximate surface area is 125 Å². The fraction of sp³-hybridized carbons (Fsp3) is 0.733. The lowest BCUT2D eigenvalue weighted by molar-refractivity contribution is 0.0689. The molecule has 1 aliphatic heterocycles. The zero-order chi connectivity index (χ0) is 14.8. The van der Waals surface area contributed by atoms with Crippen LogP contribution in [-0.4, -0.2) is 50.9 Å². The number of piperidine rings is 1. The molecule has 0 aromatic carbocycles. The van der Waals surface area contributed by atoms with Crippen molar-refractivity contribution >= 4 is 5.97 Å². The maximum absolute atomic E-state index is 10.9. The molecular weight excluding hydrogens is 268 g/mol. The third-order valence-electron chi connectivity index (χ3n) is 4.57. The first-order valence-corrected chi connectivity index (χ1v) is 7.88. The van der Waals surface area contributed by atoms with Crippen LogP contribution in [0.3, 0.4) is 0 Å². The second kappa shape index (κ2) is 6.15. The molecule has 0 radical (unpaired) electrons. The second-order valence-corrected chi connectivity index (χ2v) is 6.20. The number of carbonyl (C=O) groups is 1. The molecule has 2 N–H and O–H groups in total. The van der Waals surface area contributed by atoms with E-state index in [1.54, 1.807) is 17.8 Å². The van der Waals surface area contributed by atoms with Gasteiger partial charge in [0.1, 0.15) is 0 Å². The molecule has 1 unspecified atom stereocenters. The van der Waals surface area contributed by atoms with E-state index in [1.807, 2.05) is 0 Å². The minimum absolute atomic E-state index is 0.117. The van der Waals surface area contributed by atoms with Gasteiger partial charge in [0.2, 0.25) is 0 Å². The summed E-state index contributed by atoms with van der Waals surface area (Å²) in [7, 11) is 1.79. The molecule has 1 saturated carbocycles. The van der Waals surface area contributed by atoms with Gasteiger partial charge in [-0.25, -0.2) is 4.79 Å². The van der Waals surface area contributed by atoms with Crippen molar-refractivity contribution in [2.75, 3.05) is 13.1 Å². The third-order valence-corrected chi connectivity index (χ3v) is 4.57. The highest BCUT2D eigenvalue weighted by atomic mass is 16.4. The first-order valence-electron chi connectivity index (χ1n) is 7.88. The van der Waals surface area contributed by atoms with Crippen LogP contribution in [0.2, 0.25) is 0 Å². The van der Waals surface area contributed by atoms with E-state index in [1.165, 1.54) is 38.6 Å². The van der Waals surface area contributed by atoms with Crippen LogP contribution in [0.5, 0.6) is 0 Å². The normalized spacial score (nSPS) is 23.4. The molecule has 6 nitrogen and oxygen atoms in total. The number of aromatic carboxylic acids is 1. The largest absolute Gasteiger partial charge is 0.476 e. The minimum Gasteiger partial charge on any atom is -0.476 e. The summed E-state index contributed by atoms with van der Waals surface area (Å²) in [6.07, 6.45) is 6.65. The molecule has 0 amide bonds. The van der Waals surface area contributed by atoms with Crippen LogP contribution < -0.4 is 5.32 Å². The highest BCUT2D eigenvalue weighted by Gasteiger charge is 2.34. The van der Waals surface area contributed by atoms with Crippen molar-refractivity contribution in [2.24, 2.45) is 7.05 Å². The smallest absolute Gasteiger partial charge is 0.356 e. The van der Waals surface area contributed by atoms with Crippen molar-refractivity contribution in [3.63, 3.8) is 0 Å². The maximum atomic E-state index is 10.9. The number of hydrogen-bond donors (Lipinski definition) is 2. The Morgan fingerprint density at radius 2 is 2.24 bits per heavy atom. The standard InChI is InChI=1S/C15H24N4O2/c1-18-13(8-14(17-18)15(20)21)10-16-9-12-4-2-3-7-19(12)11-5-6-11/h8,11-12,16H,2-7,9-10H2,1H3,(H,20,21). The monoisotopic (exact) mass is 292 g/mol. The van der Waals surface area contributed by atoms with E-state index in [2.05, 4.69) is 15.3 Å². The van der Waals surface area contributed by atoms with Crippen molar-refractivity contribution in [3.05, 3.63) is 17.5 Å². The molecule has 21 heavy (non-hydrogen) atoms. The summed E-state index contributed by atoms with van der Waals surface area (Å²) in [5.74, 6) is -0.968. The zero-order valence-electron chi connectivity index (χ0n) is 12.6. The van der Waals surface area contributed by atoms with Gasteiger partial charge in [0, 0.05) is 32.2 Å². The van der Waals surface area contributed by atoms with Gasteiger partial charge >= 0.3 is 5.97 Å². The molecule has 0 bridgehead atoms. The number of aryl methyl sites for hydroxylation is 1. The molecule has 1 aliphatic carbocycles. The molecule has 3 rings (SSSR count). The first kappa shape index (κ1) is 14.5. The fourth-order valence-corrected chi connectivity index (χ4v) is 3.27. The first-order chi connectivity index (χ1) is 10.1. The van der Waals surface area contributed by atoms with Crippen molar-refractivity contribution in [1.82, 2.24) is 20.0 Å². The molecule has 2 heterocycles. The highest BCUT2D eigenvalue weighted by Crippen LogP contribution is 2.32. The number of carboxylic acid groups (broad SMARTS) is 1. The summed E-state index contributed by atoms with van der Waals surface area (Å²) in [5.41, 5.74) is 1.03.